The van der Waals surface area contributed by atoms with Crippen molar-refractivity contribution in [2.75, 3.05) is 10.2 Å². The van der Waals surface area contributed by atoms with Crippen LogP contribution in [0.15, 0.2) is 85.5 Å². The molecule has 2 nitrogen and oxygen atoms in total. The van der Waals surface area contributed by atoms with Gasteiger partial charge in [-0.25, -0.2) is 0 Å². The lowest BCUT2D eigenvalue weighted by Gasteiger charge is -2.28. The van der Waals surface area contributed by atoms with Crippen LogP contribution in [-0.4, -0.2) is 6.17 Å². The first-order chi connectivity index (χ1) is 10.7. The summed E-state index contributed by atoms with van der Waals surface area (Å²) in [6.07, 6.45) is 5.71. The second-order valence-electron chi connectivity index (χ2n) is 5.38. The minimum atomic E-state index is 0.0229. The van der Waals surface area contributed by atoms with E-state index in [1.54, 1.807) is 6.08 Å². The maximum atomic E-state index is 3.95. The molecule has 1 atom stereocenters. The van der Waals surface area contributed by atoms with E-state index < -0.39 is 0 Å². The molecule has 22 heavy (non-hydrogen) atoms. The number of nitrogens with zero attached hydrogens (tertiary/aromatic N) is 1. The summed E-state index contributed by atoms with van der Waals surface area (Å²) >= 11 is 0. The van der Waals surface area contributed by atoms with Gasteiger partial charge in [-0.05, 0) is 42.3 Å². The first-order valence-electron chi connectivity index (χ1n) is 7.41. The highest BCUT2D eigenvalue weighted by Crippen LogP contribution is 2.42. The van der Waals surface area contributed by atoms with Crippen LogP contribution in [0.4, 0.5) is 17.1 Å². The summed E-state index contributed by atoms with van der Waals surface area (Å²) in [6, 6.07) is 16.9. The van der Waals surface area contributed by atoms with Crippen LogP contribution in [0.3, 0.4) is 0 Å². The first-order valence-corrected chi connectivity index (χ1v) is 7.41. The molecule has 1 aliphatic rings. The van der Waals surface area contributed by atoms with Gasteiger partial charge in [0.2, 0.25) is 0 Å². The molecular weight excluding hydrogens is 268 g/mol. The SMILES string of the molecule is C=C/C=C(\C=C)C1Nc2cc(C)ccc2N1c1ccccc1. The van der Waals surface area contributed by atoms with Gasteiger partial charge < -0.3 is 10.2 Å². The summed E-state index contributed by atoms with van der Waals surface area (Å²) in [4.78, 5) is 2.30. The number of fused-ring (bicyclic) bond motifs is 1. The zero-order valence-corrected chi connectivity index (χ0v) is 12.8. The van der Waals surface area contributed by atoms with Crippen molar-refractivity contribution in [3.8, 4) is 0 Å². The molecule has 2 aromatic rings. The maximum Gasteiger partial charge on any atom is 0.130 e. The van der Waals surface area contributed by atoms with E-state index in [9.17, 15) is 0 Å². The number of hydrogen-bond acceptors (Lipinski definition) is 2. The summed E-state index contributed by atoms with van der Waals surface area (Å²) in [5, 5.41) is 3.60. The standard InChI is InChI=1S/C20H20N2/c1-4-9-16(5-2)20-21-18-14-15(3)12-13-19(18)22(20)17-10-7-6-8-11-17/h4-14,20-21H,1-2H2,3H3/b16-9+. The molecular formula is C20H20N2. The topological polar surface area (TPSA) is 15.3 Å². The van der Waals surface area contributed by atoms with E-state index in [1.807, 2.05) is 18.2 Å². The fourth-order valence-corrected chi connectivity index (χ4v) is 2.84. The van der Waals surface area contributed by atoms with Crippen molar-refractivity contribution < 1.29 is 0 Å². The average molecular weight is 288 g/mol. The van der Waals surface area contributed by atoms with Crippen molar-refractivity contribution >= 4 is 17.1 Å². The van der Waals surface area contributed by atoms with Gasteiger partial charge in [-0.3, -0.25) is 0 Å². The molecule has 0 spiro atoms. The van der Waals surface area contributed by atoms with Crippen LogP contribution in [-0.2, 0) is 0 Å². The molecule has 1 unspecified atom stereocenters. The third-order valence-corrected chi connectivity index (χ3v) is 3.86. The molecule has 0 radical (unpaired) electrons. The van der Waals surface area contributed by atoms with Crippen LogP contribution < -0.4 is 10.2 Å². The number of hydrogen-bond donors (Lipinski definition) is 1. The van der Waals surface area contributed by atoms with Crippen LogP contribution in [0.5, 0.6) is 0 Å². The van der Waals surface area contributed by atoms with Gasteiger partial charge in [-0.2, -0.15) is 0 Å². The van der Waals surface area contributed by atoms with E-state index in [4.69, 9.17) is 0 Å². The van der Waals surface area contributed by atoms with Gasteiger partial charge in [-0.1, -0.05) is 55.7 Å². The molecule has 1 N–H and O–H groups in total. The number of allylic oxidation sites excluding steroid dienone is 2. The quantitative estimate of drug-likeness (QED) is 0.779. The molecule has 0 amide bonds. The Bertz CT molecular complexity index is 729. The molecule has 0 bridgehead atoms. The number of anilines is 3. The maximum absolute atomic E-state index is 3.95. The Labute approximate surface area is 132 Å². The molecule has 0 saturated carbocycles. The predicted molar refractivity (Wildman–Crippen MR) is 95.6 cm³/mol. The summed E-state index contributed by atoms with van der Waals surface area (Å²) in [5.74, 6) is 0. The van der Waals surface area contributed by atoms with Crippen molar-refractivity contribution in [2.24, 2.45) is 0 Å². The predicted octanol–water partition coefficient (Wildman–Crippen LogP) is 5.18. The summed E-state index contributed by atoms with van der Waals surface area (Å²) < 4.78 is 0. The van der Waals surface area contributed by atoms with Gasteiger partial charge in [0, 0.05) is 5.69 Å². The zero-order chi connectivity index (χ0) is 15.5. The minimum absolute atomic E-state index is 0.0229. The molecule has 1 aliphatic heterocycles. The van der Waals surface area contributed by atoms with Gasteiger partial charge in [-0.15, -0.1) is 0 Å². The van der Waals surface area contributed by atoms with Gasteiger partial charge in [0.1, 0.15) is 6.17 Å². The van der Waals surface area contributed by atoms with Crippen molar-refractivity contribution in [3.63, 3.8) is 0 Å². The lowest BCUT2D eigenvalue weighted by Crippen LogP contribution is -2.33. The highest BCUT2D eigenvalue weighted by atomic mass is 15.3. The Hall–Kier alpha value is -2.74. The molecule has 1 heterocycles. The monoisotopic (exact) mass is 288 g/mol. The first kappa shape index (κ1) is 14.2. The number of benzene rings is 2. The lowest BCUT2D eigenvalue weighted by atomic mass is 10.1. The minimum Gasteiger partial charge on any atom is -0.359 e. The Morgan fingerprint density at radius 1 is 1.14 bits per heavy atom. The molecule has 0 fully saturated rings. The largest absolute Gasteiger partial charge is 0.359 e. The van der Waals surface area contributed by atoms with Gasteiger partial charge in [0.15, 0.2) is 0 Å². The van der Waals surface area contributed by atoms with E-state index in [-0.39, 0.29) is 6.17 Å². The Morgan fingerprint density at radius 3 is 2.59 bits per heavy atom. The van der Waals surface area contributed by atoms with Gasteiger partial charge in [0.05, 0.1) is 11.4 Å². The summed E-state index contributed by atoms with van der Waals surface area (Å²) in [5.41, 5.74) is 5.81. The third kappa shape index (κ3) is 2.44. The fraction of sp³-hybridized carbons (Fsp3) is 0.100. The van der Waals surface area contributed by atoms with Crippen LogP contribution in [0.2, 0.25) is 0 Å². The van der Waals surface area contributed by atoms with Crippen molar-refractivity contribution in [1.29, 1.82) is 0 Å². The smallest absolute Gasteiger partial charge is 0.130 e. The van der Waals surface area contributed by atoms with Crippen molar-refractivity contribution in [3.05, 3.63) is 91.1 Å². The van der Waals surface area contributed by atoms with Crippen LogP contribution in [0, 0.1) is 6.92 Å². The number of para-hydroxylation sites is 1. The number of aryl methyl sites for hydroxylation is 1. The van der Waals surface area contributed by atoms with E-state index in [2.05, 4.69) is 72.8 Å². The second kappa shape index (κ2) is 5.94. The van der Waals surface area contributed by atoms with Crippen LogP contribution in [0.25, 0.3) is 0 Å². The number of nitrogens with one attached hydrogen (secondary N) is 1. The van der Waals surface area contributed by atoms with E-state index in [0.717, 1.165) is 16.9 Å². The fourth-order valence-electron chi connectivity index (χ4n) is 2.84. The molecule has 0 aromatic heterocycles. The van der Waals surface area contributed by atoms with Crippen molar-refractivity contribution in [2.45, 2.75) is 13.1 Å². The van der Waals surface area contributed by atoms with E-state index in [0.29, 0.717) is 0 Å². The Kier molecular flexibility index (Phi) is 3.84. The van der Waals surface area contributed by atoms with Crippen molar-refractivity contribution in [1.82, 2.24) is 0 Å². The number of rotatable bonds is 4. The highest BCUT2D eigenvalue weighted by molar-refractivity contribution is 5.84. The molecule has 3 rings (SSSR count). The molecule has 2 aromatic carbocycles. The Morgan fingerprint density at radius 2 is 1.91 bits per heavy atom. The normalized spacial score (nSPS) is 16.9. The summed E-state index contributed by atoms with van der Waals surface area (Å²) in [7, 11) is 0. The third-order valence-electron chi connectivity index (χ3n) is 3.86. The zero-order valence-electron chi connectivity index (χ0n) is 12.8. The van der Waals surface area contributed by atoms with Crippen LogP contribution in [0.1, 0.15) is 5.56 Å². The highest BCUT2D eigenvalue weighted by Gasteiger charge is 2.31. The lowest BCUT2D eigenvalue weighted by molar-refractivity contribution is 0.890. The average Bonchev–Trinajstić information content (AvgIpc) is 2.91. The molecule has 0 saturated heterocycles. The van der Waals surface area contributed by atoms with Crippen LogP contribution >= 0.6 is 0 Å². The van der Waals surface area contributed by atoms with Gasteiger partial charge >= 0.3 is 0 Å². The molecule has 110 valence electrons. The molecule has 0 aliphatic carbocycles. The molecule has 2 heteroatoms. The van der Waals surface area contributed by atoms with E-state index in [1.165, 1.54) is 11.3 Å². The van der Waals surface area contributed by atoms with E-state index >= 15 is 0 Å². The summed E-state index contributed by atoms with van der Waals surface area (Å²) in [6.45, 7) is 9.87. The Balaban J connectivity index is 2.13. The second-order valence-corrected chi connectivity index (χ2v) is 5.38. The van der Waals surface area contributed by atoms with Gasteiger partial charge in [0.25, 0.3) is 0 Å².